The Hall–Kier alpha value is -2.26. The lowest BCUT2D eigenvalue weighted by atomic mass is 10.0. The minimum absolute atomic E-state index is 0.0680. The first-order valence-electron chi connectivity index (χ1n) is 7.45. The zero-order chi connectivity index (χ0) is 18.5. The Kier molecular flexibility index (Phi) is 6.61. The number of ether oxygens (including phenoxy) is 1. The third kappa shape index (κ3) is 6.09. The molecule has 0 aliphatic heterocycles. The van der Waals surface area contributed by atoms with E-state index in [4.69, 9.17) is 4.74 Å². The van der Waals surface area contributed by atoms with Crippen LogP contribution in [0.15, 0.2) is 12.3 Å². The summed E-state index contributed by atoms with van der Waals surface area (Å²) in [5.74, 6) is 0. The molecule has 3 N–H and O–H groups in total. The molecule has 134 valence electrons. The molecule has 0 radical (unpaired) electrons. The Balaban J connectivity index is 2.57. The first-order valence-corrected chi connectivity index (χ1v) is 7.45. The molecular formula is C15H23N3O6. The number of hydrogen-bond acceptors (Lipinski definition) is 7. The van der Waals surface area contributed by atoms with Crippen molar-refractivity contribution in [1.82, 2.24) is 10.3 Å². The molecule has 0 spiro atoms. The van der Waals surface area contributed by atoms with Crippen molar-refractivity contribution in [3.05, 3.63) is 33.6 Å². The van der Waals surface area contributed by atoms with Crippen LogP contribution in [-0.4, -0.2) is 44.5 Å². The van der Waals surface area contributed by atoms with E-state index in [-0.39, 0.29) is 24.3 Å². The fourth-order valence-electron chi connectivity index (χ4n) is 1.96. The molecule has 0 saturated heterocycles. The standard InChI is InChI=1S/C15H23N3O6/c1-9-7-10(18(22)23)8-17-12(9)13(20)11(19)5-6-16-14(21)24-15(2,3)4/h7-8,11,13,19-20H,5-6H2,1-4H3,(H,16,21). The summed E-state index contributed by atoms with van der Waals surface area (Å²) < 4.78 is 5.05. The van der Waals surface area contributed by atoms with E-state index in [2.05, 4.69) is 10.3 Å². The van der Waals surface area contributed by atoms with E-state index in [1.54, 1.807) is 27.7 Å². The monoisotopic (exact) mass is 341 g/mol. The second kappa shape index (κ2) is 8.02. The van der Waals surface area contributed by atoms with Gasteiger partial charge < -0.3 is 20.3 Å². The van der Waals surface area contributed by atoms with Gasteiger partial charge in [-0.15, -0.1) is 0 Å². The number of rotatable bonds is 6. The van der Waals surface area contributed by atoms with Gasteiger partial charge in [0.25, 0.3) is 5.69 Å². The second-order valence-corrected chi connectivity index (χ2v) is 6.38. The summed E-state index contributed by atoms with van der Waals surface area (Å²) in [6.45, 7) is 6.85. The molecule has 0 bridgehead atoms. The van der Waals surface area contributed by atoms with Gasteiger partial charge in [-0.25, -0.2) is 4.79 Å². The van der Waals surface area contributed by atoms with Crippen LogP contribution in [-0.2, 0) is 4.74 Å². The first kappa shape index (κ1) is 19.8. The Morgan fingerprint density at radius 2 is 2.08 bits per heavy atom. The van der Waals surface area contributed by atoms with Crippen LogP contribution in [0.1, 0.15) is 44.6 Å². The largest absolute Gasteiger partial charge is 0.444 e. The molecule has 1 amide bonds. The van der Waals surface area contributed by atoms with E-state index in [9.17, 15) is 25.1 Å². The average molecular weight is 341 g/mol. The molecule has 2 unspecified atom stereocenters. The van der Waals surface area contributed by atoms with Gasteiger partial charge in [0.2, 0.25) is 0 Å². The summed E-state index contributed by atoms with van der Waals surface area (Å²) in [6, 6.07) is 1.28. The van der Waals surface area contributed by atoms with E-state index in [0.717, 1.165) is 6.20 Å². The van der Waals surface area contributed by atoms with Crippen molar-refractivity contribution >= 4 is 11.8 Å². The van der Waals surface area contributed by atoms with E-state index in [0.29, 0.717) is 5.56 Å². The third-order valence-electron chi connectivity index (χ3n) is 3.07. The predicted octanol–water partition coefficient (Wildman–Crippen LogP) is 1.61. The van der Waals surface area contributed by atoms with E-state index < -0.39 is 28.8 Å². The summed E-state index contributed by atoms with van der Waals surface area (Å²) in [5, 5.41) is 33.3. The van der Waals surface area contributed by atoms with Crippen LogP contribution in [0.3, 0.4) is 0 Å². The Morgan fingerprint density at radius 1 is 1.46 bits per heavy atom. The van der Waals surface area contributed by atoms with Crippen molar-refractivity contribution in [2.75, 3.05) is 6.54 Å². The number of aromatic nitrogens is 1. The minimum atomic E-state index is -1.31. The van der Waals surface area contributed by atoms with Crippen LogP contribution in [0.4, 0.5) is 10.5 Å². The van der Waals surface area contributed by atoms with Gasteiger partial charge >= 0.3 is 6.09 Å². The van der Waals surface area contributed by atoms with Gasteiger partial charge in [-0.05, 0) is 39.7 Å². The average Bonchev–Trinajstić information content (AvgIpc) is 2.44. The Labute approximate surface area is 139 Å². The van der Waals surface area contributed by atoms with Crippen LogP contribution < -0.4 is 5.32 Å². The highest BCUT2D eigenvalue weighted by Gasteiger charge is 2.23. The number of carbonyl (C=O) groups excluding carboxylic acids is 1. The van der Waals surface area contributed by atoms with E-state index >= 15 is 0 Å². The molecule has 0 aromatic carbocycles. The molecule has 0 aliphatic rings. The number of aliphatic hydroxyl groups is 2. The number of amides is 1. The van der Waals surface area contributed by atoms with Crippen molar-refractivity contribution < 1.29 is 24.7 Å². The molecule has 9 heteroatoms. The third-order valence-corrected chi connectivity index (χ3v) is 3.07. The topological polar surface area (TPSA) is 135 Å². The first-order chi connectivity index (χ1) is 11.0. The van der Waals surface area contributed by atoms with Gasteiger partial charge in [-0.2, -0.15) is 0 Å². The van der Waals surface area contributed by atoms with Gasteiger partial charge in [-0.1, -0.05) is 0 Å². The maximum Gasteiger partial charge on any atom is 0.407 e. The second-order valence-electron chi connectivity index (χ2n) is 6.38. The highest BCUT2D eigenvalue weighted by atomic mass is 16.6. The molecule has 1 heterocycles. The SMILES string of the molecule is Cc1cc([N+](=O)[O-])cnc1C(O)C(O)CCNC(=O)OC(C)(C)C. The molecule has 24 heavy (non-hydrogen) atoms. The smallest absolute Gasteiger partial charge is 0.407 e. The van der Waals surface area contributed by atoms with E-state index in [1.807, 2.05) is 0 Å². The zero-order valence-electron chi connectivity index (χ0n) is 14.1. The number of nitrogens with one attached hydrogen (secondary N) is 1. The number of hydrogen-bond donors (Lipinski definition) is 3. The quantitative estimate of drug-likeness (QED) is 0.528. The molecular weight excluding hydrogens is 318 g/mol. The van der Waals surface area contributed by atoms with Crippen LogP contribution in [0.25, 0.3) is 0 Å². The molecule has 0 saturated carbocycles. The number of carbonyl (C=O) groups is 1. The highest BCUT2D eigenvalue weighted by Crippen LogP contribution is 2.23. The number of nitrogens with zero attached hydrogens (tertiary/aromatic N) is 2. The van der Waals surface area contributed by atoms with Gasteiger partial charge in [0.1, 0.15) is 17.9 Å². The van der Waals surface area contributed by atoms with Gasteiger partial charge in [0.15, 0.2) is 0 Å². The van der Waals surface area contributed by atoms with Crippen LogP contribution in [0.2, 0.25) is 0 Å². The van der Waals surface area contributed by atoms with Crippen LogP contribution >= 0.6 is 0 Å². The van der Waals surface area contributed by atoms with Crippen LogP contribution in [0, 0.1) is 17.0 Å². The van der Waals surface area contributed by atoms with Crippen molar-refractivity contribution in [3.63, 3.8) is 0 Å². The highest BCUT2D eigenvalue weighted by molar-refractivity contribution is 5.67. The maximum atomic E-state index is 11.5. The van der Waals surface area contributed by atoms with E-state index in [1.165, 1.54) is 6.07 Å². The zero-order valence-corrected chi connectivity index (χ0v) is 14.1. The molecule has 2 atom stereocenters. The van der Waals surface area contributed by atoms with Crippen molar-refractivity contribution in [2.24, 2.45) is 0 Å². The molecule has 9 nitrogen and oxygen atoms in total. The van der Waals surface area contributed by atoms with Crippen molar-refractivity contribution in [2.45, 2.75) is 51.9 Å². The van der Waals surface area contributed by atoms with Crippen molar-refractivity contribution in [1.29, 1.82) is 0 Å². The number of nitro groups is 1. The fraction of sp³-hybridized carbons (Fsp3) is 0.600. The lowest BCUT2D eigenvalue weighted by Crippen LogP contribution is -2.34. The van der Waals surface area contributed by atoms with Crippen LogP contribution in [0.5, 0.6) is 0 Å². The summed E-state index contributed by atoms with van der Waals surface area (Å²) in [4.78, 5) is 25.4. The Bertz CT molecular complexity index is 599. The minimum Gasteiger partial charge on any atom is -0.444 e. The summed E-state index contributed by atoms with van der Waals surface area (Å²) in [5.41, 5.74) is -0.257. The summed E-state index contributed by atoms with van der Waals surface area (Å²) in [7, 11) is 0. The molecule has 0 fully saturated rings. The molecule has 1 rings (SSSR count). The molecule has 0 aliphatic carbocycles. The van der Waals surface area contributed by atoms with Gasteiger partial charge in [0, 0.05) is 12.6 Å². The molecule has 1 aromatic rings. The normalized spacial score (nSPS) is 13.9. The maximum absolute atomic E-state index is 11.5. The summed E-state index contributed by atoms with van der Waals surface area (Å²) in [6.07, 6.45) is -2.02. The molecule has 1 aromatic heterocycles. The number of aryl methyl sites for hydroxylation is 1. The van der Waals surface area contributed by atoms with Gasteiger partial charge in [-0.3, -0.25) is 15.1 Å². The number of pyridine rings is 1. The summed E-state index contributed by atoms with van der Waals surface area (Å²) >= 11 is 0. The van der Waals surface area contributed by atoms with Gasteiger partial charge in [0.05, 0.1) is 16.7 Å². The Morgan fingerprint density at radius 3 is 2.58 bits per heavy atom. The number of alkyl carbamates (subject to hydrolysis) is 1. The van der Waals surface area contributed by atoms with Crippen molar-refractivity contribution in [3.8, 4) is 0 Å². The lowest BCUT2D eigenvalue weighted by Gasteiger charge is -2.21. The fourth-order valence-corrected chi connectivity index (χ4v) is 1.96. The predicted molar refractivity (Wildman–Crippen MR) is 85.4 cm³/mol. The lowest BCUT2D eigenvalue weighted by molar-refractivity contribution is -0.385. The number of aliphatic hydroxyl groups excluding tert-OH is 2.